The van der Waals surface area contributed by atoms with Crippen molar-refractivity contribution in [2.45, 2.75) is 51.6 Å². The van der Waals surface area contributed by atoms with Gasteiger partial charge in [-0.2, -0.15) is 5.26 Å². The summed E-state index contributed by atoms with van der Waals surface area (Å²) in [5, 5.41) is 10.4. The summed E-state index contributed by atoms with van der Waals surface area (Å²) in [5.74, 6) is 0.247. The average molecular weight is 394 g/mol. The molecule has 0 spiro atoms. The van der Waals surface area contributed by atoms with Crippen LogP contribution in [0.1, 0.15) is 45.1 Å². The van der Waals surface area contributed by atoms with Crippen molar-refractivity contribution in [1.29, 1.82) is 5.26 Å². The molecule has 1 amide bonds. The van der Waals surface area contributed by atoms with Crippen molar-refractivity contribution in [3.05, 3.63) is 36.0 Å². The molecule has 1 aromatic heterocycles. The Kier molecular flexibility index (Phi) is 6.71. The minimum Gasteiger partial charge on any atom is -0.369 e. The third kappa shape index (κ3) is 4.51. The van der Waals surface area contributed by atoms with E-state index in [1.54, 1.807) is 6.20 Å². The molecule has 1 saturated heterocycles. The number of hydrogen-bond donors (Lipinski definition) is 1. The molecule has 1 aliphatic rings. The van der Waals surface area contributed by atoms with Crippen LogP contribution in [0.2, 0.25) is 0 Å². The number of rotatable bonds is 7. The number of piperidine rings is 1. The van der Waals surface area contributed by atoms with Crippen LogP contribution in [0, 0.1) is 17.2 Å². The van der Waals surface area contributed by atoms with Crippen molar-refractivity contribution in [2.75, 3.05) is 25.0 Å². The molecule has 1 fully saturated rings. The minimum absolute atomic E-state index is 0.230. The largest absolute Gasteiger partial charge is 0.369 e. The normalized spacial score (nSPS) is 20.6. The van der Waals surface area contributed by atoms with E-state index in [-0.39, 0.29) is 18.0 Å². The molecule has 0 aliphatic carbocycles. The van der Waals surface area contributed by atoms with Crippen LogP contribution >= 0.6 is 0 Å². The number of nitrogens with zero attached hydrogens (tertiary/aromatic N) is 4. The first-order chi connectivity index (χ1) is 14.0. The number of unbranched alkanes of at least 4 members (excludes halogenated alkanes) is 1. The van der Waals surface area contributed by atoms with Crippen molar-refractivity contribution >= 4 is 22.5 Å². The molecular formula is C23H31N5O. The molecule has 2 aromatic rings. The zero-order valence-corrected chi connectivity index (χ0v) is 17.6. The quantitative estimate of drug-likeness (QED) is 0.780. The molecule has 2 heterocycles. The van der Waals surface area contributed by atoms with Gasteiger partial charge in [0.15, 0.2) is 0 Å². The first-order valence-electron chi connectivity index (χ1n) is 10.5. The van der Waals surface area contributed by atoms with E-state index in [1.807, 2.05) is 31.3 Å². The second-order valence-electron chi connectivity index (χ2n) is 8.27. The highest BCUT2D eigenvalue weighted by atomic mass is 16.1. The Hall–Kier alpha value is -2.65. The van der Waals surface area contributed by atoms with E-state index in [9.17, 15) is 10.1 Å². The molecule has 3 rings (SSSR count). The lowest BCUT2D eigenvalue weighted by Gasteiger charge is -2.44. The van der Waals surface area contributed by atoms with Crippen LogP contribution in [-0.2, 0) is 4.79 Å². The van der Waals surface area contributed by atoms with E-state index < -0.39 is 0 Å². The molecule has 0 radical (unpaired) electrons. The van der Waals surface area contributed by atoms with Crippen molar-refractivity contribution in [1.82, 2.24) is 9.88 Å². The summed E-state index contributed by atoms with van der Waals surface area (Å²) in [7, 11) is 2.03. The predicted molar refractivity (Wildman–Crippen MR) is 117 cm³/mol. The summed E-state index contributed by atoms with van der Waals surface area (Å²) in [5.41, 5.74) is 8.18. The number of nitriles is 1. The average Bonchev–Trinajstić information content (AvgIpc) is 2.72. The number of likely N-dealkylation sites (N-methyl/N-ethyl adjacent to an activating group) is 1. The third-order valence-corrected chi connectivity index (χ3v) is 6.07. The second kappa shape index (κ2) is 9.23. The SMILES string of the molecule is CCCC[C@@H](C(N)=O)N(C)[C@@H]1C[C@H](C)CN(c2ccc(C#N)c3ncccc23)C1. The van der Waals surface area contributed by atoms with E-state index in [0.717, 1.165) is 55.4 Å². The smallest absolute Gasteiger partial charge is 0.234 e. The van der Waals surface area contributed by atoms with Crippen LogP contribution in [0.4, 0.5) is 5.69 Å². The van der Waals surface area contributed by atoms with Crippen LogP contribution in [-0.4, -0.2) is 48.0 Å². The van der Waals surface area contributed by atoms with E-state index in [2.05, 4.69) is 34.7 Å². The maximum atomic E-state index is 12.1. The zero-order chi connectivity index (χ0) is 21.0. The van der Waals surface area contributed by atoms with Gasteiger partial charge in [0.1, 0.15) is 6.07 Å². The Morgan fingerprint density at radius 2 is 2.21 bits per heavy atom. The van der Waals surface area contributed by atoms with Gasteiger partial charge in [-0.25, -0.2) is 0 Å². The number of pyridine rings is 1. The first kappa shape index (κ1) is 21.1. The van der Waals surface area contributed by atoms with Gasteiger partial charge in [0.05, 0.1) is 17.1 Å². The molecule has 0 unspecified atom stereocenters. The minimum atomic E-state index is -0.237. The van der Waals surface area contributed by atoms with Gasteiger partial charge >= 0.3 is 0 Å². The zero-order valence-electron chi connectivity index (χ0n) is 17.6. The van der Waals surface area contributed by atoms with Crippen LogP contribution in [0.15, 0.2) is 30.5 Å². The lowest BCUT2D eigenvalue weighted by Crippen LogP contribution is -2.55. The van der Waals surface area contributed by atoms with Crippen LogP contribution in [0.3, 0.4) is 0 Å². The van der Waals surface area contributed by atoms with Crippen LogP contribution in [0.5, 0.6) is 0 Å². The molecule has 2 N–H and O–H groups in total. The van der Waals surface area contributed by atoms with E-state index in [1.165, 1.54) is 0 Å². The molecule has 6 heteroatoms. The topological polar surface area (TPSA) is 86.3 Å². The molecule has 3 atom stereocenters. The van der Waals surface area contributed by atoms with Crippen LogP contribution in [0.25, 0.3) is 10.9 Å². The molecule has 29 heavy (non-hydrogen) atoms. The number of hydrogen-bond acceptors (Lipinski definition) is 5. The fraction of sp³-hybridized carbons (Fsp3) is 0.522. The van der Waals surface area contributed by atoms with Gasteiger partial charge in [0, 0.05) is 36.4 Å². The summed E-state index contributed by atoms with van der Waals surface area (Å²) in [4.78, 5) is 21.1. The number of amides is 1. The van der Waals surface area contributed by atoms with Gasteiger partial charge in [-0.15, -0.1) is 0 Å². The Bertz CT molecular complexity index is 906. The third-order valence-electron chi connectivity index (χ3n) is 6.07. The summed E-state index contributed by atoms with van der Waals surface area (Å²) < 4.78 is 0. The molecule has 0 bridgehead atoms. The van der Waals surface area contributed by atoms with Crippen molar-refractivity contribution in [3.8, 4) is 6.07 Å². The van der Waals surface area contributed by atoms with Gasteiger partial charge < -0.3 is 10.6 Å². The highest BCUT2D eigenvalue weighted by Gasteiger charge is 2.33. The van der Waals surface area contributed by atoms with Crippen molar-refractivity contribution in [3.63, 3.8) is 0 Å². The van der Waals surface area contributed by atoms with Gasteiger partial charge in [-0.3, -0.25) is 14.7 Å². The summed E-state index contributed by atoms with van der Waals surface area (Å²) in [6, 6.07) is 10.1. The Labute approximate surface area is 173 Å². The number of carbonyl (C=O) groups is 1. The Morgan fingerprint density at radius 1 is 1.41 bits per heavy atom. The van der Waals surface area contributed by atoms with Crippen LogP contribution < -0.4 is 10.6 Å². The fourth-order valence-electron chi connectivity index (χ4n) is 4.53. The van der Waals surface area contributed by atoms with Gasteiger partial charge in [0.2, 0.25) is 5.91 Å². The second-order valence-corrected chi connectivity index (χ2v) is 8.27. The number of benzene rings is 1. The number of anilines is 1. The monoisotopic (exact) mass is 393 g/mol. The molecule has 154 valence electrons. The highest BCUT2D eigenvalue weighted by Crippen LogP contribution is 2.32. The van der Waals surface area contributed by atoms with Gasteiger partial charge in [-0.1, -0.05) is 26.7 Å². The number of carbonyl (C=O) groups excluding carboxylic acids is 1. The summed E-state index contributed by atoms with van der Waals surface area (Å²) in [6.45, 7) is 6.15. The van der Waals surface area contributed by atoms with E-state index >= 15 is 0 Å². The Balaban J connectivity index is 1.90. The van der Waals surface area contributed by atoms with Crippen molar-refractivity contribution < 1.29 is 4.79 Å². The Morgan fingerprint density at radius 3 is 2.90 bits per heavy atom. The first-order valence-corrected chi connectivity index (χ1v) is 10.5. The number of nitrogens with two attached hydrogens (primary N) is 1. The lowest BCUT2D eigenvalue weighted by molar-refractivity contribution is -0.124. The number of fused-ring (bicyclic) bond motifs is 1. The predicted octanol–water partition coefficient (Wildman–Crippen LogP) is 3.30. The summed E-state index contributed by atoms with van der Waals surface area (Å²) in [6.07, 6.45) is 5.62. The number of primary amides is 1. The molecule has 1 aliphatic heterocycles. The maximum Gasteiger partial charge on any atom is 0.234 e. The molecule has 6 nitrogen and oxygen atoms in total. The number of aromatic nitrogens is 1. The van der Waals surface area contributed by atoms with Gasteiger partial charge in [-0.05, 0) is 50.1 Å². The standard InChI is InChI=1S/C23H31N5O/c1-4-5-8-21(23(25)29)27(3)18-12-16(2)14-28(15-18)20-10-9-17(13-24)22-19(20)7-6-11-26-22/h6-7,9-11,16,18,21H,4-5,8,12,14-15H2,1-3H3,(H2,25,29)/t16-,18+,21-/m0/s1. The highest BCUT2D eigenvalue weighted by molar-refractivity contribution is 5.95. The fourth-order valence-corrected chi connectivity index (χ4v) is 4.53. The van der Waals surface area contributed by atoms with Gasteiger partial charge in [0.25, 0.3) is 0 Å². The van der Waals surface area contributed by atoms with Crippen molar-refractivity contribution in [2.24, 2.45) is 11.7 Å². The van der Waals surface area contributed by atoms with E-state index in [0.29, 0.717) is 11.5 Å². The molecule has 1 aromatic carbocycles. The maximum absolute atomic E-state index is 12.1. The van der Waals surface area contributed by atoms with E-state index in [4.69, 9.17) is 5.73 Å². The molecule has 0 saturated carbocycles. The summed E-state index contributed by atoms with van der Waals surface area (Å²) >= 11 is 0. The lowest BCUT2D eigenvalue weighted by atomic mass is 9.92. The molecular weight excluding hydrogens is 362 g/mol.